The molecule has 1 aliphatic heterocycles. The van der Waals surface area contributed by atoms with E-state index in [2.05, 4.69) is 16.3 Å². The van der Waals surface area contributed by atoms with Crippen molar-refractivity contribution < 1.29 is 9.50 Å². The fourth-order valence-corrected chi connectivity index (χ4v) is 6.04. The van der Waals surface area contributed by atoms with E-state index in [0.717, 1.165) is 42.3 Å². The van der Waals surface area contributed by atoms with E-state index in [1.807, 2.05) is 40.3 Å². The second kappa shape index (κ2) is 6.38. The molecule has 0 amide bonds. The molecule has 2 unspecified atom stereocenters. The van der Waals surface area contributed by atoms with Crippen molar-refractivity contribution in [3.63, 3.8) is 0 Å². The molecule has 0 spiro atoms. The van der Waals surface area contributed by atoms with E-state index in [1.165, 1.54) is 12.1 Å². The van der Waals surface area contributed by atoms with Crippen LogP contribution >= 0.6 is 0 Å². The predicted molar refractivity (Wildman–Crippen MR) is 113 cm³/mol. The van der Waals surface area contributed by atoms with Crippen molar-refractivity contribution in [2.45, 2.75) is 44.5 Å². The summed E-state index contributed by atoms with van der Waals surface area (Å²) in [5.41, 5.74) is 2.69. The molecule has 1 aromatic heterocycles. The molecule has 6 nitrogen and oxygen atoms in total. The summed E-state index contributed by atoms with van der Waals surface area (Å²) >= 11 is 0. The molecule has 3 aromatic rings. The van der Waals surface area contributed by atoms with Gasteiger partial charge in [-0.3, -0.25) is 9.69 Å². The maximum atomic E-state index is 13.3. The first kappa shape index (κ1) is 18.5. The number of nitrogens with zero attached hydrogens (tertiary/aromatic N) is 5. The van der Waals surface area contributed by atoms with E-state index in [9.17, 15) is 9.50 Å². The van der Waals surface area contributed by atoms with Crippen LogP contribution in [0.1, 0.15) is 42.9 Å². The summed E-state index contributed by atoms with van der Waals surface area (Å²) < 4.78 is 15.3. The Balaban J connectivity index is 1.16. The smallest absolute Gasteiger partial charge is 0.148 e. The Morgan fingerprint density at radius 1 is 1.19 bits per heavy atom. The van der Waals surface area contributed by atoms with Crippen molar-refractivity contribution in [3.8, 4) is 6.07 Å². The lowest BCUT2D eigenvalue weighted by atomic mass is 9.34. The molecular weight excluding hydrogens is 393 g/mol. The number of aromatic nitrogens is 2. The maximum Gasteiger partial charge on any atom is 0.148 e. The molecule has 3 saturated carbocycles. The Labute approximate surface area is 179 Å². The highest BCUT2D eigenvalue weighted by molar-refractivity contribution is 5.80. The molecule has 1 N–H and O–H groups in total. The molecule has 2 atom stereocenters. The van der Waals surface area contributed by atoms with E-state index in [-0.39, 0.29) is 22.7 Å². The van der Waals surface area contributed by atoms with Crippen LogP contribution in [0.5, 0.6) is 0 Å². The molecule has 4 aliphatic rings. The number of nitriles is 1. The molecule has 2 heterocycles. The van der Waals surface area contributed by atoms with Gasteiger partial charge in [0.05, 0.1) is 29.4 Å². The molecule has 3 fully saturated rings. The maximum absolute atomic E-state index is 13.3. The van der Waals surface area contributed by atoms with Gasteiger partial charge in [0.2, 0.25) is 0 Å². The Morgan fingerprint density at radius 3 is 2.71 bits per heavy atom. The largest absolute Gasteiger partial charge is 0.371 e. The molecule has 7 rings (SSSR count). The minimum absolute atomic E-state index is 0.0510. The van der Waals surface area contributed by atoms with Crippen molar-refractivity contribution in [1.82, 2.24) is 14.8 Å². The van der Waals surface area contributed by atoms with Gasteiger partial charge in [0.1, 0.15) is 12.0 Å². The summed E-state index contributed by atoms with van der Waals surface area (Å²) in [6.07, 6.45) is 6.56. The summed E-state index contributed by atoms with van der Waals surface area (Å²) in [6, 6.07) is 14.2. The van der Waals surface area contributed by atoms with Crippen LogP contribution in [-0.4, -0.2) is 32.3 Å². The van der Waals surface area contributed by atoms with Gasteiger partial charge >= 0.3 is 0 Å². The predicted octanol–water partition coefficient (Wildman–Crippen LogP) is 3.97. The standard InChI is InChI=1S/C24H22FN5O/c25-19-4-2-17(3-5-19)21-7-8-27-30(21)22(31)24-12-23(13-24,14-24)15-29-20-6-1-16(10-26)9-18(20)11-28-29/h1-6,8-9,11,21-22,31H,7,12-15H2. The number of hydrazone groups is 1. The van der Waals surface area contributed by atoms with Crippen LogP contribution in [-0.2, 0) is 6.54 Å². The average Bonchev–Trinajstić information content (AvgIpc) is 3.36. The van der Waals surface area contributed by atoms with Gasteiger partial charge in [-0.1, -0.05) is 12.1 Å². The van der Waals surface area contributed by atoms with Gasteiger partial charge < -0.3 is 5.11 Å². The Bertz CT molecular complexity index is 1220. The van der Waals surface area contributed by atoms with Crippen molar-refractivity contribution in [2.24, 2.45) is 15.9 Å². The lowest BCUT2D eigenvalue weighted by Gasteiger charge is -2.72. The summed E-state index contributed by atoms with van der Waals surface area (Å²) in [5, 5.41) is 32.1. The Morgan fingerprint density at radius 2 is 1.97 bits per heavy atom. The third-order valence-corrected chi connectivity index (χ3v) is 7.35. The number of aliphatic hydroxyl groups excluding tert-OH is 1. The second-order valence-corrected chi connectivity index (χ2v) is 9.44. The van der Waals surface area contributed by atoms with Crippen LogP contribution in [0.25, 0.3) is 10.9 Å². The molecule has 2 bridgehead atoms. The number of rotatable bonds is 5. The highest BCUT2D eigenvalue weighted by Crippen LogP contribution is 2.76. The first-order chi connectivity index (χ1) is 15.0. The van der Waals surface area contributed by atoms with Crippen molar-refractivity contribution in [2.75, 3.05) is 0 Å². The van der Waals surface area contributed by atoms with Crippen LogP contribution in [0, 0.1) is 28.0 Å². The highest BCUT2D eigenvalue weighted by Gasteiger charge is 2.71. The van der Waals surface area contributed by atoms with Gasteiger partial charge in [0, 0.05) is 30.0 Å². The van der Waals surface area contributed by atoms with Gasteiger partial charge in [0.15, 0.2) is 0 Å². The van der Waals surface area contributed by atoms with Crippen LogP contribution in [0.3, 0.4) is 0 Å². The number of benzene rings is 2. The second-order valence-electron chi connectivity index (χ2n) is 9.44. The normalized spacial score (nSPS) is 29.5. The zero-order valence-electron chi connectivity index (χ0n) is 16.9. The lowest BCUT2D eigenvalue weighted by molar-refractivity contribution is -0.297. The third-order valence-electron chi connectivity index (χ3n) is 7.35. The minimum atomic E-state index is -0.643. The minimum Gasteiger partial charge on any atom is -0.371 e. The van der Waals surface area contributed by atoms with Crippen LogP contribution < -0.4 is 0 Å². The van der Waals surface area contributed by atoms with Gasteiger partial charge in [-0.2, -0.15) is 15.5 Å². The van der Waals surface area contributed by atoms with E-state index < -0.39 is 6.23 Å². The zero-order valence-corrected chi connectivity index (χ0v) is 16.9. The zero-order chi connectivity index (χ0) is 21.2. The first-order valence-electron chi connectivity index (χ1n) is 10.6. The van der Waals surface area contributed by atoms with Crippen molar-refractivity contribution in [3.05, 3.63) is 65.6 Å². The molecule has 7 heteroatoms. The molecule has 0 radical (unpaired) electrons. The SMILES string of the molecule is N#Cc1ccc2c(cnn2CC23CC(C(O)N4N=CCC4c4ccc(F)cc4)(C2)C3)c1. The van der Waals surface area contributed by atoms with Gasteiger partial charge in [-0.25, -0.2) is 4.39 Å². The number of hydrogen-bond acceptors (Lipinski definition) is 5. The fraction of sp³-hybridized carbons (Fsp3) is 0.375. The summed E-state index contributed by atoms with van der Waals surface area (Å²) in [7, 11) is 0. The number of fused-ring (bicyclic) bond motifs is 1. The van der Waals surface area contributed by atoms with Gasteiger partial charge in [0.25, 0.3) is 0 Å². The number of hydrogen-bond donors (Lipinski definition) is 1. The lowest BCUT2D eigenvalue weighted by Crippen LogP contribution is -2.70. The number of aliphatic hydroxyl groups is 1. The van der Waals surface area contributed by atoms with Crippen molar-refractivity contribution in [1.29, 1.82) is 5.26 Å². The van der Waals surface area contributed by atoms with Crippen LogP contribution in [0.15, 0.2) is 53.8 Å². The monoisotopic (exact) mass is 415 g/mol. The van der Waals surface area contributed by atoms with E-state index in [1.54, 1.807) is 12.1 Å². The molecule has 31 heavy (non-hydrogen) atoms. The Kier molecular flexibility index (Phi) is 3.81. The fourth-order valence-electron chi connectivity index (χ4n) is 6.04. The molecule has 156 valence electrons. The number of halogens is 1. The molecule has 0 saturated heterocycles. The van der Waals surface area contributed by atoms with Gasteiger partial charge in [-0.05, 0) is 60.6 Å². The van der Waals surface area contributed by atoms with Crippen LogP contribution in [0.2, 0.25) is 0 Å². The molecular formula is C24H22FN5O. The quantitative estimate of drug-likeness (QED) is 0.684. The topological polar surface area (TPSA) is 77.4 Å². The molecule has 3 aliphatic carbocycles. The molecule has 2 aromatic carbocycles. The highest BCUT2D eigenvalue weighted by atomic mass is 19.1. The van der Waals surface area contributed by atoms with E-state index >= 15 is 0 Å². The van der Waals surface area contributed by atoms with E-state index in [4.69, 9.17) is 5.26 Å². The van der Waals surface area contributed by atoms with Crippen molar-refractivity contribution >= 4 is 17.1 Å². The van der Waals surface area contributed by atoms with E-state index in [0.29, 0.717) is 12.0 Å². The average molecular weight is 415 g/mol. The third kappa shape index (κ3) is 2.71. The van der Waals surface area contributed by atoms with Gasteiger partial charge in [-0.15, -0.1) is 0 Å². The summed E-state index contributed by atoms with van der Waals surface area (Å²) in [4.78, 5) is 0. The summed E-state index contributed by atoms with van der Waals surface area (Å²) in [5.74, 6) is -0.258. The first-order valence-corrected chi connectivity index (χ1v) is 10.6. The summed E-state index contributed by atoms with van der Waals surface area (Å²) in [6.45, 7) is 0.821. The Hall–Kier alpha value is -3.24. The van der Waals surface area contributed by atoms with Crippen LogP contribution in [0.4, 0.5) is 4.39 Å².